The first-order chi connectivity index (χ1) is 19.5. The van der Waals surface area contributed by atoms with E-state index in [9.17, 15) is 0 Å². The Morgan fingerprint density at radius 1 is 0.550 bits per heavy atom. The zero-order valence-corrected chi connectivity index (χ0v) is 26.5. The van der Waals surface area contributed by atoms with E-state index < -0.39 is 0 Å². The lowest BCUT2D eigenvalue weighted by atomic mass is 9.67. The van der Waals surface area contributed by atoms with E-state index in [4.69, 9.17) is 0 Å². The van der Waals surface area contributed by atoms with E-state index in [2.05, 4.69) is 41.2 Å². The van der Waals surface area contributed by atoms with Crippen molar-refractivity contribution in [3.63, 3.8) is 0 Å². The molecule has 8 bridgehead atoms. The summed E-state index contributed by atoms with van der Waals surface area (Å²) in [7, 11) is 0. The summed E-state index contributed by atoms with van der Waals surface area (Å²) in [5.41, 5.74) is 0. The molecule has 0 spiro atoms. The van der Waals surface area contributed by atoms with Crippen LogP contribution in [0.15, 0.2) is 0 Å². The largest absolute Gasteiger partial charge is 0.308 e. The van der Waals surface area contributed by atoms with Crippen molar-refractivity contribution in [2.75, 3.05) is 19.6 Å². The third kappa shape index (κ3) is 6.09. The number of fused-ring (bicyclic) bond motifs is 12. The molecule has 0 aromatic heterocycles. The Labute approximate surface area is 247 Å². The highest BCUT2D eigenvalue weighted by Crippen LogP contribution is 2.44. The molecule has 4 aliphatic heterocycles. The molecular weight excluding hydrogens is 488 g/mol. The van der Waals surface area contributed by atoms with Crippen molar-refractivity contribution in [2.45, 2.75) is 172 Å². The Kier molecular flexibility index (Phi) is 8.90. The Morgan fingerprint density at radius 2 is 1.10 bits per heavy atom. The molecule has 11 atom stereocenters. The van der Waals surface area contributed by atoms with Crippen LogP contribution in [-0.4, -0.2) is 71.7 Å². The lowest BCUT2D eigenvalue weighted by molar-refractivity contribution is 0.0322. The predicted molar refractivity (Wildman–Crippen MR) is 168 cm³/mol. The van der Waals surface area contributed by atoms with Crippen molar-refractivity contribution in [3.8, 4) is 0 Å². The first kappa shape index (κ1) is 28.6. The van der Waals surface area contributed by atoms with Gasteiger partial charge in [-0.05, 0) is 113 Å². The van der Waals surface area contributed by atoms with Crippen LogP contribution in [0.1, 0.15) is 130 Å². The minimum Gasteiger partial charge on any atom is -0.308 e. The maximum absolute atomic E-state index is 4.44. The van der Waals surface area contributed by atoms with Crippen LogP contribution < -0.4 is 10.6 Å². The van der Waals surface area contributed by atoms with Crippen LogP contribution >= 0.6 is 0 Å². The molecule has 7 rings (SSSR count). The molecule has 2 N–H and O–H groups in total. The summed E-state index contributed by atoms with van der Waals surface area (Å²) in [5.74, 6) is 5.82. The molecule has 0 amide bonds. The van der Waals surface area contributed by atoms with Gasteiger partial charge in [-0.15, -0.1) is 0 Å². The lowest BCUT2D eigenvalue weighted by Crippen LogP contribution is -2.65. The van der Waals surface area contributed by atoms with E-state index >= 15 is 0 Å². The zero-order chi connectivity index (χ0) is 27.2. The van der Waals surface area contributed by atoms with Gasteiger partial charge in [-0.3, -0.25) is 9.80 Å². The van der Waals surface area contributed by atoms with Gasteiger partial charge < -0.3 is 10.6 Å². The summed E-state index contributed by atoms with van der Waals surface area (Å²) in [6.07, 6.45) is 24.8. The Morgan fingerprint density at radius 3 is 1.68 bits per heavy atom. The summed E-state index contributed by atoms with van der Waals surface area (Å²) < 4.78 is 0. The highest BCUT2D eigenvalue weighted by atomic mass is 15.3. The van der Waals surface area contributed by atoms with Gasteiger partial charge in [0.25, 0.3) is 0 Å². The molecule has 0 radical (unpaired) electrons. The van der Waals surface area contributed by atoms with Gasteiger partial charge in [-0.25, -0.2) is 0 Å². The topological polar surface area (TPSA) is 30.5 Å². The van der Waals surface area contributed by atoms with Crippen molar-refractivity contribution < 1.29 is 0 Å². The van der Waals surface area contributed by atoms with Crippen LogP contribution in [0, 0.1) is 35.5 Å². The molecule has 7 aliphatic rings. The summed E-state index contributed by atoms with van der Waals surface area (Å²) in [6.45, 7) is 11.4. The van der Waals surface area contributed by atoms with Crippen molar-refractivity contribution in [1.82, 2.24) is 20.4 Å². The minimum atomic E-state index is 0.688. The standard InChI is InChI=1S/C36H64N4/c1-4-5-34-23-39-21-30-16-28(26-10-6-24(2)7-11-26)18-35(37-30)36-19-29(27-12-8-25(3)9-13-27)17-31(38-36)22-40(34)33-15-14-32(39)20-33/h24-38H,4-23H2,1-3H3. The molecule has 0 aromatic rings. The molecule has 4 heteroatoms. The maximum Gasteiger partial charge on any atom is 0.0227 e. The van der Waals surface area contributed by atoms with Crippen LogP contribution in [0.3, 0.4) is 0 Å². The second-order valence-corrected chi connectivity index (χ2v) is 16.7. The molecule has 0 aromatic carbocycles. The number of hydrogen-bond acceptors (Lipinski definition) is 4. The number of rotatable bonds is 4. The SMILES string of the molecule is CCCC1CN2CC3CC(C4CCC(C)CC4)CC(N3)C3CC(C4CCC(C)CC4)CC(CN1C1CCC2C1)N3. The predicted octanol–water partition coefficient (Wildman–Crippen LogP) is 6.83. The van der Waals surface area contributed by atoms with Crippen molar-refractivity contribution in [2.24, 2.45) is 35.5 Å². The van der Waals surface area contributed by atoms with Gasteiger partial charge in [0, 0.05) is 61.9 Å². The Bertz CT molecular complexity index is 816. The molecule has 4 nitrogen and oxygen atoms in total. The van der Waals surface area contributed by atoms with Crippen LogP contribution in [0.5, 0.6) is 0 Å². The third-order valence-electron chi connectivity index (χ3n) is 13.9. The van der Waals surface area contributed by atoms with Gasteiger partial charge in [0.2, 0.25) is 0 Å². The molecule has 228 valence electrons. The van der Waals surface area contributed by atoms with Crippen LogP contribution in [-0.2, 0) is 0 Å². The van der Waals surface area contributed by atoms with Crippen molar-refractivity contribution >= 4 is 0 Å². The highest BCUT2D eigenvalue weighted by molar-refractivity contribution is 5.05. The average molecular weight is 553 g/mol. The molecule has 3 aliphatic carbocycles. The Balaban J connectivity index is 1.19. The second kappa shape index (κ2) is 12.4. The first-order valence-corrected chi connectivity index (χ1v) is 18.5. The van der Waals surface area contributed by atoms with Crippen molar-refractivity contribution in [3.05, 3.63) is 0 Å². The van der Waals surface area contributed by atoms with Crippen LogP contribution in [0.4, 0.5) is 0 Å². The van der Waals surface area contributed by atoms with E-state index in [0.29, 0.717) is 24.2 Å². The summed E-state index contributed by atoms with van der Waals surface area (Å²) in [4.78, 5) is 6.14. The summed E-state index contributed by atoms with van der Waals surface area (Å²) >= 11 is 0. The first-order valence-electron chi connectivity index (χ1n) is 18.5. The van der Waals surface area contributed by atoms with Crippen LogP contribution in [0.2, 0.25) is 0 Å². The highest BCUT2D eigenvalue weighted by Gasteiger charge is 2.47. The monoisotopic (exact) mass is 553 g/mol. The van der Waals surface area contributed by atoms with Gasteiger partial charge >= 0.3 is 0 Å². The number of piperidine rings is 2. The van der Waals surface area contributed by atoms with E-state index in [0.717, 1.165) is 53.6 Å². The fraction of sp³-hybridized carbons (Fsp3) is 1.00. The van der Waals surface area contributed by atoms with Gasteiger partial charge in [0.15, 0.2) is 0 Å². The average Bonchev–Trinajstić information content (AvgIpc) is 3.41. The lowest BCUT2D eigenvalue weighted by Gasteiger charge is -2.51. The minimum absolute atomic E-state index is 0.688. The molecule has 4 saturated heterocycles. The van der Waals surface area contributed by atoms with E-state index in [1.807, 2.05) is 0 Å². The Hall–Kier alpha value is -0.160. The smallest absolute Gasteiger partial charge is 0.0227 e. The van der Waals surface area contributed by atoms with Gasteiger partial charge in [0.1, 0.15) is 0 Å². The fourth-order valence-electron chi connectivity index (χ4n) is 11.6. The van der Waals surface area contributed by atoms with Crippen LogP contribution in [0.25, 0.3) is 0 Å². The zero-order valence-electron chi connectivity index (χ0n) is 26.5. The summed E-state index contributed by atoms with van der Waals surface area (Å²) in [5, 5.41) is 8.86. The molecule has 11 unspecified atom stereocenters. The van der Waals surface area contributed by atoms with Gasteiger partial charge in [0.05, 0.1) is 0 Å². The molecule has 4 heterocycles. The number of nitrogens with one attached hydrogen (secondary N) is 2. The second-order valence-electron chi connectivity index (χ2n) is 16.7. The molecule has 3 saturated carbocycles. The fourth-order valence-corrected chi connectivity index (χ4v) is 11.6. The summed E-state index contributed by atoms with van der Waals surface area (Å²) in [6, 6.07) is 5.23. The molecule has 7 fully saturated rings. The van der Waals surface area contributed by atoms with Gasteiger partial charge in [-0.1, -0.05) is 52.9 Å². The number of hydrogen-bond donors (Lipinski definition) is 2. The normalized spacial score (nSPS) is 53.3. The molecule has 40 heavy (non-hydrogen) atoms. The van der Waals surface area contributed by atoms with Crippen molar-refractivity contribution in [1.29, 1.82) is 0 Å². The number of nitrogens with zero attached hydrogens (tertiary/aromatic N) is 2. The van der Waals surface area contributed by atoms with E-state index in [1.165, 1.54) is 129 Å². The maximum atomic E-state index is 4.44. The third-order valence-corrected chi connectivity index (χ3v) is 13.9. The van der Waals surface area contributed by atoms with Gasteiger partial charge in [-0.2, -0.15) is 0 Å². The molecular formula is C36H64N4. The van der Waals surface area contributed by atoms with E-state index in [1.54, 1.807) is 0 Å². The van der Waals surface area contributed by atoms with E-state index in [-0.39, 0.29) is 0 Å². The quantitative estimate of drug-likeness (QED) is 0.400.